The van der Waals surface area contributed by atoms with Crippen LogP contribution in [0.3, 0.4) is 0 Å². The molecule has 1 saturated heterocycles. The topological polar surface area (TPSA) is 79.6 Å². The number of rotatable bonds is 6. The Labute approximate surface area is 168 Å². The quantitative estimate of drug-likeness (QED) is 0.760. The van der Waals surface area contributed by atoms with Crippen LogP contribution in [0.2, 0.25) is 10.0 Å². The van der Waals surface area contributed by atoms with Crippen LogP contribution < -0.4 is 5.32 Å². The lowest BCUT2D eigenvalue weighted by molar-refractivity contribution is -0.126. The number of benzene rings is 1. The van der Waals surface area contributed by atoms with E-state index in [1.54, 1.807) is 24.3 Å². The Morgan fingerprint density at radius 3 is 2.81 bits per heavy atom. The molecule has 1 unspecified atom stereocenters. The van der Waals surface area contributed by atoms with Crippen LogP contribution >= 0.6 is 23.2 Å². The van der Waals surface area contributed by atoms with E-state index in [-0.39, 0.29) is 30.7 Å². The Morgan fingerprint density at radius 2 is 2.11 bits per heavy atom. The number of hydrogen-bond acceptors (Lipinski definition) is 4. The van der Waals surface area contributed by atoms with E-state index in [0.29, 0.717) is 40.8 Å². The second-order valence-corrected chi connectivity index (χ2v) is 9.30. The van der Waals surface area contributed by atoms with Crippen molar-refractivity contribution in [1.29, 1.82) is 0 Å². The number of sulfonamides is 1. The first kappa shape index (κ1) is 20.2. The zero-order chi connectivity index (χ0) is 19.4. The van der Waals surface area contributed by atoms with Crippen LogP contribution in [0, 0.1) is 5.92 Å². The van der Waals surface area contributed by atoms with Crippen molar-refractivity contribution in [1.82, 2.24) is 9.62 Å². The first-order valence-electron chi connectivity index (χ1n) is 8.57. The van der Waals surface area contributed by atoms with Gasteiger partial charge in [0.2, 0.25) is 15.9 Å². The van der Waals surface area contributed by atoms with Crippen LogP contribution in [0.5, 0.6) is 0 Å². The van der Waals surface area contributed by atoms with Gasteiger partial charge in [0.15, 0.2) is 0 Å². The Bertz CT molecular complexity index is 900. The number of piperidine rings is 1. The lowest BCUT2D eigenvalue weighted by atomic mass is 9.99. The molecule has 2 heterocycles. The summed E-state index contributed by atoms with van der Waals surface area (Å²) in [5, 5.41) is 3.57. The molecule has 0 bridgehead atoms. The standard InChI is InChI=1S/C18H20Cl2N2O4S/c19-15-6-5-14(17(20)9-15)12-27(24,25)22-7-1-3-13(11-22)18(23)21-10-16-4-2-8-26-16/h2,4-6,8-9,13H,1,3,7,10-12H2,(H,21,23). The Kier molecular flexibility index (Phi) is 6.47. The van der Waals surface area contributed by atoms with Gasteiger partial charge in [-0.15, -0.1) is 0 Å². The second kappa shape index (κ2) is 8.65. The molecule has 2 aromatic rings. The predicted molar refractivity (Wildman–Crippen MR) is 104 cm³/mol. The molecule has 0 radical (unpaired) electrons. The summed E-state index contributed by atoms with van der Waals surface area (Å²) in [5.41, 5.74) is 0.491. The summed E-state index contributed by atoms with van der Waals surface area (Å²) in [6.07, 6.45) is 2.82. The van der Waals surface area contributed by atoms with Gasteiger partial charge in [0, 0.05) is 23.1 Å². The summed E-state index contributed by atoms with van der Waals surface area (Å²) < 4.78 is 32.1. The van der Waals surface area contributed by atoms with Gasteiger partial charge in [-0.2, -0.15) is 0 Å². The highest BCUT2D eigenvalue weighted by Gasteiger charge is 2.32. The molecule has 1 aliphatic heterocycles. The number of nitrogens with one attached hydrogen (secondary N) is 1. The fraction of sp³-hybridized carbons (Fsp3) is 0.389. The molecule has 1 fully saturated rings. The first-order chi connectivity index (χ1) is 12.8. The SMILES string of the molecule is O=C(NCc1ccco1)C1CCCN(S(=O)(=O)Cc2ccc(Cl)cc2Cl)C1. The molecular formula is C18H20Cl2N2O4S. The third kappa shape index (κ3) is 5.25. The maximum Gasteiger partial charge on any atom is 0.224 e. The molecule has 0 spiro atoms. The fourth-order valence-electron chi connectivity index (χ4n) is 3.07. The molecule has 27 heavy (non-hydrogen) atoms. The second-order valence-electron chi connectivity index (χ2n) is 6.49. The van der Waals surface area contributed by atoms with Crippen molar-refractivity contribution in [3.8, 4) is 0 Å². The van der Waals surface area contributed by atoms with E-state index in [2.05, 4.69) is 5.32 Å². The summed E-state index contributed by atoms with van der Waals surface area (Å²) in [7, 11) is -3.59. The fourth-order valence-corrected chi connectivity index (χ4v) is 5.26. The van der Waals surface area contributed by atoms with Gasteiger partial charge in [-0.25, -0.2) is 12.7 Å². The molecule has 1 N–H and O–H groups in total. The van der Waals surface area contributed by atoms with E-state index >= 15 is 0 Å². The van der Waals surface area contributed by atoms with Crippen molar-refractivity contribution < 1.29 is 17.6 Å². The average Bonchev–Trinajstić information content (AvgIpc) is 3.16. The zero-order valence-corrected chi connectivity index (χ0v) is 16.9. The summed E-state index contributed by atoms with van der Waals surface area (Å²) in [6.45, 7) is 0.850. The van der Waals surface area contributed by atoms with Crippen molar-refractivity contribution in [3.05, 3.63) is 58.0 Å². The number of hydrogen-bond donors (Lipinski definition) is 1. The Morgan fingerprint density at radius 1 is 1.30 bits per heavy atom. The summed E-state index contributed by atoms with van der Waals surface area (Å²) in [4.78, 5) is 12.4. The van der Waals surface area contributed by atoms with Gasteiger partial charge in [-0.1, -0.05) is 29.3 Å². The minimum atomic E-state index is -3.59. The summed E-state index contributed by atoms with van der Waals surface area (Å²) >= 11 is 12.0. The molecule has 0 saturated carbocycles. The Hall–Kier alpha value is -1.54. The van der Waals surface area contributed by atoms with E-state index in [1.165, 1.54) is 16.6 Å². The van der Waals surface area contributed by atoms with E-state index < -0.39 is 10.0 Å². The molecule has 0 aliphatic carbocycles. The monoisotopic (exact) mass is 430 g/mol. The normalized spacial score (nSPS) is 18.4. The van der Waals surface area contributed by atoms with Crippen LogP contribution in [0.25, 0.3) is 0 Å². The molecule has 9 heteroatoms. The minimum Gasteiger partial charge on any atom is -0.467 e. The summed E-state index contributed by atoms with van der Waals surface area (Å²) in [5.74, 6) is -0.120. The molecule has 1 atom stereocenters. The number of carbonyl (C=O) groups is 1. The van der Waals surface area contributed by atoms with Gasteiger partial charge in [-0.05, 0) is 42.7 Å². The third-order valence-corrected chi connectivity index (χ3v) is 6.90. The smallest absolute Gasteiger partial charge is 0.224 e. The van der Waals surface area contributed by atoms with Crippen LogP contribution in [0.1, 0.15) is 24.2 Å². The average molecular weight is 431 g/mol. The van der Waals surface area contributed by atoms with Gasteiger partial charge in [0.05, 0.1) is 24.5 Å². The predicted octanol–water partition coefficient (Wildman–Crippen LogP) is 3.44. The van der Waals surface area contributed by atoms with Crippen LogP contribution in [-0.2, 0) is 27.1 Å². The van der Waals surface area contributed by atoms with E-state index in [9.17, 15) is 13.2 Å². The highest BCUT2D eigenvalue weighted by Crippen LogP contribution is 2.26. The summed E-state index contributed by atoms with van der Waals surface area (Å²) in [6, 6.07) is 8.26. The molecule has 1 aromatic heterocycles. The molecule has 1 aromatic carbocycles. The van der Waals surface area contributed by atoms with Crippen molar-refractivity contribution in [2.45, 2.75) is 25.1 Å². The Balaban J connectivity index is 1.62. The molecule has 1 aliphatic rings. The zero-order valence-electron chi connectivity index (χ0n) is 14.5. The van der Waals surface area contributed by atoms with Gasteiger partial charge in [0.25, 0.3) is 0 Å². The molecule has 3 rings (SSSR count). The number of halogens is 2. The molecular weight excluding hydrogens is 411 g/mol. The minimum absolute atomic E-state index is 0.164. The van der Waals surface area contributed by atoms with Crippen LogP contribution in [0.15, 0.2) is 41.0 Å². The van der Waals surface area contributed by atoms with Crippen molar-refractivity contribution >= 4 is 39.1 Å². The first-order valence-corrected chi connectivity index (χ1v) is 10.9. The van der Waals surface area contributed by atoms with Gasteiger partial charge >= 0.3 is 0 Å². The van der Waals surface area contributed by atoms with Gasteiger partial charge in [-0.3, -0.25) is 4.79 Å². The van der Waals surface area contributed by atoms with E-state index in [4.69, 9.17) is 27.6 Å². The van der Waals surface area contributed by atoms with Crippen molar-refractivity contribution in [2.24, 2.45) is 5.92 Å². The maximum absolute atomic E-state index is 12.8. The van der Waals surface area contributed by atoms with Gasteiger partial charge < -0.3 is 9.73 Å². The highest BCUT2D eigenvalue weighted by atomic mass is 35.5. The largest absolute Gasteiger partial charge is 0.467 e. The van der Waals surface area contributed by atoms with Crippen molar-refractivity contribution in [3.63, 3.8) is 0 Å². The van der Waals surface area contributed by atoms with Crippen LogP contribution in [0.4, 0.5) is 0 Å². The van der Waals surface area contributed by atoms with E-state index in [1.807, 2.05) is 0 Å². The number of furan rings is 1. The van der Waals surface area contributed by atoms with Gasteiger partial charge in [0.1, 0.15) is 5.76 Å². The number of carbonyl (C=O) groups excluding carboxylic acids is 1. The van der Waals surface area contributed by atoms with Crippen LogP contribution in [-0.4, -0.2) is 31.7 Å². The maximum atomic E-state index is 12.8. The number of amides is 1. The van der Waals surface area contributed by atoms with Crippen molar-refractivity contribution in [2.75, 3.05) is 13.1 Å². The molecule has 146 valence electrons. The number of nitrogens with zero attached hydrogens (tertiary/aromatic N) is 1. The third-order valence-electron chi connectivity index (χ3n) is 4.52. The molecule has 1 amide bonds. The lowest BCUT2D eigenvalue weighted by Gasteiger charge is -2.31. The lowest BCUT2D eigenvalue weighted by Crippen LogP contribution is -2.45. The van der Waals surface area contributed by atoms with E-state index in [0.717, 1.165) is 0 Å². The highest BCUT2D eigenvalue weighted by molar-refractivity contribution is 7.88. The molecule has 6 nitrogen and oxygen atoms in total.